The summed E-state index contributed by atoms with van der Waals surface area (Å²) in [5.41, 5.74) is 9.80. The minimum absolute atomic E-state index is 0.533. The molecule has 0 aliphatic rings. The lowest BCUT2D eigenvalue weighted by atomic mass is 10.1. The predicted molar refractivity (Wildman–Crippen MR) is 96.1 cm³/mol. The van der Waals surface area contributed by atoms with Crippen molar-refractivity contribution in [3.8, 4) is 17.1 Å². The Balaban J connectivity index is 1.50. The third-order valence-corrected chi connectivity index (χ3v) is 4.01. The first-order valence-electron chi connectivity index (χ1n) is 8.11. The number of hydrogen-bond acceptors (Lipinski definition) is 4. The van der Waals surface area contributed by atoms with Crippen LogP contribution in [0.25, 0.3) is 17.1 Å². The van der Waals surface area contributed by atoms with Crippen LogP contribution in [0.3, 0.4) is 0 Å². The smallest absolute Gasteiger partial charge is 0.181 e. The van der Waals surface area contributed by atoms with Gasteiger partial charge in [0.15, 0.2) is 5.82 Å². The maximum Gasteiger partial charge on any atom is 0.181 e. The number of nitrogens with two attached hydrogens (primary N) is 1. The normalized spacial score (nSPS) is 10.9. The van der Waals surface area contributed by atoms with E-state index in [1.165, 1.54) is 0 Å². The van der Waals surface area contributed by atoms with E-state index in [0.717, 1.165) is 28.2 Å². The van der Waals surface area contributed by atoms with Crippen molar-refractivity contribution < 1.29 is 0 Å². The molecule has 25 heavy (non-hydrogen) atoms. The Bertz CT molecular complexity index is 953. The van der Waals surface area contributed by atoms with Crippen molar-refractivity contribution >= 4 is 0 Å². The quantitative estimate of drug-likeness (QED) is 0.589. The molecule has 4 aromatic rings. The van der Waals surface area contributed by atoms with Gasteiger partial charge in [-0.25, -0.2) is 9.67 Å². The van der Waals surface area contributed by atoms with Gasteiger partial charge in [0.05, 0.1) is 11.9 Å². The van der Waals surface area contributed by atoms with Gasteiger partial charge in [0.2, 0.25) is 0 Å². The highest BCUT2D eigenvalue weighted by Crippen LogP contribution is 2.17. The number of nitrogens with zero attached hydrogens (tertiary/aromatic N) is 4. The molecule has 3 N–H and O–H groups in total. The van der Waals surface area contributed by atoms with Crippen LogP contribution in [0, 0.1) is 0 Å². The van der Waals surface area contributed by atoms with Crippen molar-refractivity contribution in [1.29, 1.82) is 0 Å². The lowest BCUT2D eigenvalue weighted by Gasteiger charge is -1.99. The number of hydrogen-bond donors (Lipinski definition) is 2. The van der Waals surface area contributed by atoms with Crippen molar-refractivity contribution in [2.45, 2.75) is 13.0 Å². The summed E-state index contributed by atoms with van der Waals surface area (Å²) in [5, 5.41) is 11.7. The maximum absolute atomic E-state index is 5.63. The third kappa shape index (κ3) is 3.34. The van der Waals surface area contributed by atoms with E-state index in [9.17, 15) is 0 Å². The van der Waals surface area contributed by atoms with Gasteiger partial charge < -0.3 is 5.73 Å². The van der Waals surface area contributed by atoms with E-state index >= 15 is 0 Å². The number of para-hydroxylation sites is 1. The van der Waals surface area contributed by atoms with Gasteiger partial charge in [-0.05, 0) is 23.3 Å². The molecule has 0 fully saturated rings. The molecule has 0 unspecified atom stereocenters. The predicted octanol–water partition coefficient (Wildman–Crippen LogP) is 2.71. The molecule has 0 atom stereocenters. The standard InChI is InChI=1S/C19H18N6/c20-11-14-6-8-16(9-7-14)19-22-18(23-24-19)10-15-12-21-25(13-15)17-4-2-1-3-5-17/h1-9,12-13H,10-11,20H2,(H,22,23,24). The topological polar surface area (TPSA) is 85.4 Å². The van der Waals surface area contributed by atoms with Crippen molar-refractivity contribution in [3.05, 3.63) is 83.9 Å². The Kier molecular flexibility index (Phi) is 4.10. The number of rotatable bonds is 5. The molecule has 0 radical (unpaired) electrons. The van der Waals surface area contributed by atoms with Gasteiger partial charge in [0.1, 0.15) is 5.82 Å². The number of nitrogens with one attached hydrogen (secondary N) is 1. The second kappa shape index (κ2) is 6.70. The van der Waals surface area contributed by atoms with Crippen LogP contribution in [-0.4, -0.2) is 25.0 Å². The molecule has 2 heterocycles. The highest BCUT2D eigenvalue weighted by atomic mass is 15.3. The van der Waals surface area contributed by atoms with E-state index in [4.69, 9.17) is 5.73 Å². The van der Waals surface area contributed by atoms with Crippen LogP contribution in [0.4, 0.5) is 0 Å². The second-order valence-corrected chi connectivity index (χ2v) is 5.81. The van der Waals surface area contributed by atoms with Crippen LogP contribution in [0.5, 0.6) is 0 Å². The molecule has 0 aliphatic heterocycles. The van der Waals surface area contributed by atoms with Crippen molar-refractivity contribution in [2.75, 3.05) is 0 Å². The summed E-state index contributed by atoms with van der Waals surface area (Å²) in [6.45, 7) is 0.533. The molecule has 6 nitrogen and oxygen atoms in total. The zero-order chi connectivity index (χ0) is 17.1. The van der Waals surface area contributed by atoms with Crippen LogP contribution in [0.2, 0.25) is 0 Å². The number of H-pyrrole nitrogens is 1. The van der Waals surface area contributed by atoms with Gasteiger partial charge in [-0.1, -0.05) is 42.5 Å². The average molecular weight is 330 g/mol. The molecule has 0 amide bonds. The molecular weight excluding hydrogens is 312 g/mol. The second-order valence-electron chi connectivity index (χ2n) is 5.81. The average Bonchev–Trinajstić information content (AvgIpc) is 3.33. The van der Waals surface area contributed by atoms with Gasteiger partial charge >= 0.3 is 0 Å². The Labute approximate surface area is 145 Å². The minimum atomic E-state index is 0.533. The highest BCUT2D eigenvalue weighted by molar-refractivity contribution is 5.55. The Morgan fingerprint density at radius 2 is 1.76 bits per heavy atom. The third-order valence-electron chi connectivity index (χ3n) is 4.01. The van der Waals surface area contributed by atoms with E-state index in [1.807, 2.05) is 71.7 Å². The fourth-order valence-corrected chi connectivity index (χ4v) is 2.66. The first-order valence-corrected chi connectivity index (χ1v) is 8.11. The van der Waals surface area contributed by atoms with Crippen molar-refractivity contribution in [3.63, 3.8) is 0 Å². The molecule has 0 bridgehead atoms. The Morgan fingerprint density at radius 3 is 2.52 bits per heavy atom. The molecule has 2 aromatic carbocycles. The van der Waals surface area contributed by atoms with Crippen LogP contribution in [0.15, 0.2) is 67.0 Å². The molecule has 0 aliphatic carbocycles. The molecule has 0 saturated heterocycles. The van der Waals surface area contributed by atoms with Crippen LogP contribution in [0.1, 0.15) is 17.0 Å². The van der Waals surface area contributed by atoms with E-state index < -0.39 is 0 Å². The van der Waals surface area contributed by atoms with Crippen molar-refractivity contribution in [2.24, 2.45) is 5.73 Å². The maximum atomic E-state index is 5.63. The van der Waals surface area contributed by atoms with Crippen molar-refractivity contribution in [1.82, 2.24) is 25.0 Å². The molecular formula is C19H18N6. The molecule has 0 spiro atoms. The molecule has 2 aromatic heterocycles. The van der Waals surface area contributed by atoms with Gasteiger partial charge in [-0.2, -0.15) is 10.2 Å². The fraction of sp³-hybridized carbons (Fsp3) is 0.105. The summed E-state index contributed by atoms with van der Waals surface area (Å²) < 4.78 is 1.86. The highest BCUT2D eigenvalue weighted by Gasteiger charge is 2.08. The molecule has 6 heteroatoms. The summed E-state index contributed by atoms with van der Waals surface area (Å²) in [6, 6.07) is 18.0. The zero-order valence-corrected chi connectivity index (χ0v) is 13.6. The first kappa shape index (κ1) is 15.3. The van der Waals surface area contributed by atoms with E-state index in [-0.39, 0.29) is 0 Å². The number of aromatic amines is 1. The van der Waals surface area contributed by atoms with Crippen LogP contribution in [-0.2, 0) is 13.0 Å². The summed E-state index contributed by atoms with van der Waals surface area (Å²) in [5.74, 6) is 1.50. The van der Waals surface area contributed by atoms with E-state index in [2.05, 4.69) is 20.3 Å². The molecule has 0 saturated carbocycles. The monoisotopic (exact) mass is 330 g/mol. The SMILES string of the molecule is NCc1ccc(-c2n[nH]c(Cc3cnn(-c4ccccc4)c3)n2)cc1. The van der Waals surface area contributed by atoms with E-state index in [0.29, 0.717) is 18.8 Å². The molecule has 124 valence electrons. The van der Waals surface area contributed by atoms with E-state index in [1.54, 1.807) is 0 Å². The summed E-state index contributed by atoms with van der Waals surface area (Å²) in [4.78, 5) is 4.58. The Morgan fingerprint density at radius 1 is 0.960 bits per heavy atom. The summed E-state index contributed by atoms with van der Waals surface area (Å²) >= 11 is 0. The van der Waals surface area contributed by atoms with Crippen LogP contribution < -0.4 is 5.73 Å². The lowest BCUT2D eigenvalue weighted by Crippen LogP contribution is -1.95. The first-order chi connectivity index (χ1) is 12.3. The number of aromatic nitrogens is 5. The number of benzene rings is 2. The largest absolute Gasteiger partial charge is 0.326 e. The van der Waals surface area contributed by atoms with Gasteiger partial charge in [0, 0.05) is 24.7 Å². The van der Waals surface area contributed by atoms with Gasteiger partial charge in [-0.3, -0.25) is 5.10 Å². The summed E-state index contributed by atoms with van der Waals surface area (Å²) in [6.07, 6.45) is 4.51. The van der Waals surface area contributed by atoms with Gasteiger partial charge in [-0.15, -0.1) is 0 Å². The fourth-order valence-electron chi connectivity index (χ4n) is 2.66. The molecule has 4 rings (SSSR count). The van der Waals surface area contributed by atoms with Gasteiger partial charge in [0.25, 0.3) is 0 Å². The summed E-state index contributed by atoms with van der Waals surface area (Å²) in [7, 11) is 0. The minimum Gasteiger partial charge on any atom is -0.326 e. The Hall–Kier alpha value is -3.25. The van der Waals surface area contributed by atoms with Crippen LogP contribution >= 0.6 is 0 Å². The lowest BCUT2D eigenvalue weighted by molar-refractivity contribution is 0.879. The zero-order valence-electron chi connectivity index (χ0n) is 13.6.